The van der Waals surface area contributed by atoms with E-state index in [9.17, 15) is 4.79 Å². The van der Waals surface area contributed by atoms with E-state index in [0.717, 1.165) is 15.8 Å². The van der Waals surface area contributed by atoms with E-state index in [2.05, 4.69) is 0 Å². The van der Waals surface area contributed by atoms with Gasteiger partial charge in [-0.15, -0.1) is 0 Å². The monoisotopic (exact) mass is 275 g/mol. The van der Waals surface area contributed by atoms with Crippen molar-refractivity contribution in [3.8, 4) is 0 Å². The van der Waals surface area contributed by atoms with Crippen LogP contribution in [0.25, 0.3) is 10.2 Å². The Hall–Kier alpha value is -1.58. The molecule has 0 bridgehead atoms. The molecule has 0 fully saturated rings. The van der Waals surface area contributed by atoms with E-state index < -0.39 is 0 Å². The SMILES string of the molecule is O=c1sc2ccccc2n1Cc1ccc(Cl)cc1. The predicted octanol–water partition coefficient (Wildman–Crippen LogP) is 3.76. The van der Waals surface area contributed by atoms with Crippen LogP contribution < -0.4 is 4.87 Å². The lowest BCUT2D eigenvalue weighted by atomic mass is 10.2. The van der Waals surface area contributed by atoms with Crippen LogP contribution in [0.2, 0.25) is 5.02 Å². The van der Waals surface area contributed by atoms with Crippen molar-refractivity contribution in [3.63, 3.8) is 0 Å². The molecule has 0 aliphatic rings. The second-order valence-corrected chi connectivity index (χ2v) is 5.48. The van der Waals surface area contributed by atoms with Crippen LogP contribution >= 0.6 is 22.9 Å². The summed E-state index contributed by atoms with van der Waals surface area (Å²) in [5.41, 5.74) is 2.06. The van der Waals surface area contributed by atoms with Crippen molar-refractivity contribution in [1.29, 1.82) is 0 Å². The fourth-order valence-electron chi connectivity index (χ4n) is 1.94. The van der Waals surface area contributed by atoms with Crippen LogP contribution in [0.4, 0.5) is 0 Å². The summed E-state index contributed by atoms with van der Waals surface area (Å²) >= 11 is 7.14. The fraction of sp³-hybridized carbons (Fsp3) is 0.0714. The van der Waals surface area contributed by atoms with Crippen molar-refractivity contribution in [2.24, 2.45) is 0 Å². The molecule has 0 spiro atoms. The van der Waals surface area contributed by atoms with Crippen LogP contribution in [-0.4, -0.2) is 4.57 Å². The van der Waals surface area contributed by atoms with Crippen molar-refractivity contribution < 1.29 is 0 Å². The molecule has 1 heterocycles. The van der Waals surface area contributed by atoms with Crippen LogP contribution in [0.1, 0.15) is 5.56 Å². The maximum Gasteiger partial charge on any atom is 0.308 e. The Bertz CT molecular complexity index is 742. The van der Waals surface area contributed by atoms with Gasteiger partial charge in [0.1, 0.15) is 0 Å². The largest absolute Gasteiger partial charge is 0.308 e. The molecule has 0 atom stereocenters. The Morgan fingerprint density at radius 1 is 1.06 bits per heavy atom. The molecule has 1 aromatic heterocycles. The normalized spacial score (nSPS) is 10.9. The molecule has 4 heteroatoms. The van der Waals surface area contributed by atoms with Crippen molar-refractivity contribution >= 4 is 33.2 Å². The molecular weight excluding hydrogens is 266 g/mol. The Morgan fingerprint density at radius 3 is 2.56 bits per heavy atom. The van der Waals surface area contributed by atoms with E-state index in [1.54, 1.807) is 4.57 Å². The summed E-state index contributed by atoms with van der Waals surface area (Å²) in [7, 11) is 0. The first-order chi connectivity index (χ1) is 8.74. The van der Waals surface area contributed by atoms with Crippen LogP contribution in [0.3, 0.4) is 0 Å². The van der Waals surface area contributed by atoms with Gasteiger partial charge in [-0.2, -0.15) is 0 Å². The topological polar surface area (TPSA) is 22.0 Å². The summed E-state index contributed by atoms with van der Waals surface area (Å²) in [5.74, 6) is 0. The van der Waals surface area contributed by atoms with E-state index in [1.807, 2.05) is 48.5 Å². The predicted molar refractivity (Wildman–Crippen MR) is 76.6 cm³/mol. The third-order valence-electron chi connectivity index (χ3n) is 2.83. The molecule has 3 rings (SSSR count). The first-order valence-corrected chi connectivity index (χ1v) is 6.76. The van der Waals surface area contributed by atoms with Gasteiger partial charge in [0, 0.05) is 5.02 Å². The van der Waals surface area contributed by atoms with Crippen LogP contribution in [0.15, 0.2) is 53.3 Å². The Balaban J connectivity index is 2.07. The number of halogens is 1. The molecule has 0 saturated heterocycles. The van der Waals surface area contributed by atoms with Gasteiger partial charge in [0.05, 0.1) is 16.8 Å². The highest BCUT2D eigenvalue weighted by atomic mass is 35.5. The van der Waals surface area contributed by atoms with E-state index >= 15 is 0 Å². The number of rotatable bonds is 2. The molecule has 18 heavy (non-hydrogen) atoms. The van der Waals surface area contributed by atoms with Crippen LogP contribution in [-0.2, 0) is 6.54 Å². The number of fused-ring (bicyclic) bond motifs is 1. The lowest BCUT2D eigenvalue weighted by Gasteiger charge is -2.04. The molecule has 0 aliphatic carbocycles. The first kappa shape index (κ1) is 11.5. The number of hydrogen-bond acceptors (Lipinski definition) is 2. The minimum absolute atomic E-state index is 0.0751. The average Bonchev–Trinajstić information content (AvgIpc) is 2.69. The number of thiazole rings is 1. The van der Waals surface area contributed by atoms with E-state index in [4.69, 9.17) is 11.6 Å². The standard InChI is InChI=1S/C14H10ClNOS/c15-11-7-5-10(6-8-11)9-16-12-3-1-2-4-13(12)18-14(16)17/h1-8H,9H2. The number of aromatic nitrogens is 1. The number of nitrogens with zero attached hydrogens (tertiary/aromatic N) is 1. The minimum atomic E-state index is 0.0751. The number of hydrogen-bond donors (Lipinski definition) is 0. The molecule has 0 aliphatic heterocycles. The van der Waals surface area contributed by atoms with Gasteiger partial charge in [-0.05, 0) is 29.8 Å². The molecule has 90 valence electrons. The molecular formula is C14H10ClNOS. The Morgan fingerprint density at radius 2 is 1.78 bits per heavy atom. The van der Waals surface area contributed by atoms with Gasteiger partial charge < -0.3 is 0 Å². The van der Waals surface area contributed by atoms with Gasteiger partial charge >= 0.3 is 4.87 Å². The fourth-order valence-corrected chi connectivity index (χ4v) is 2.95. The second kappa shape index (κ2) is 4.59. The van der Waals surface area contributed by atoms with Gasteiger partial charge in [0.25, 0.3) is 0 Å². The molecule has 0 amide bonds. The van der Waals surface area contributed by atoms with Crippen molar-refractivity contribution in [2.75, 3.05) is 0 Å². The van der Waals surface area contributed by atoms with E-state index in [1.165, 1.54) is 11.3 Å². The zero-order valence-electron chi connectivity index (χ0n) is 9.47. The average molecular weight is 276 g/mol. The van der Waals surface area contributed by atoms with Gasteiger partial charge in [-0.1, -0.05) is 47.2 Å². The Labute approximate surface area is 113 Å². The summed E-state index contributed by atoms with van der Waals surface area (Å²) in [6.45, 7) is 0.583. The lowest BCUT2D eigenvalue weighted by molar-refractivity contribution is 0.816. The molecule has 0 unspecified atom stereocenters. The zero-order valence-corrected chi connectivity index (χ0v) is 11.0. The molecule has 0 N–H and O–H groups in total. The van der Waals surface area contributed by atoms with Gasteiger partial charge in [0.15, 0.2) is 0 Å². The molecule has 2 aromatic carbocycles. The van der Waals surface area contributed by atoms with Crippen molar-refractivity contribution in [3.05, 3.63) is 68.8 Å². The second-order valence-electron chi connectivity index (χ2n) is 4.05. The third kappa shape index (κ3) is 2.07. The molecule has 2 nitrogen and oxygen atoms in total. The maximum absolute atomic E-state index is 12.0. The molecule has 0 saturated carbocycles. The Kier molecular flexibility index (Phi) is 2.94. The highest BCUT2D eigenvalue weighted by Gasteiger charge is 2.06. The van der Waals surface area contributed by atoms with Gasteiger partial charge in [-0.25, -0.2) is 0 Å². The summed E-state index contributed by atoms with van der Waals surface area (Å²) in [6, 6.07) is 15.4. The van der Waals surface area contributed by atoms with Crippen molar-refractivity contribution in [2.45, 2.75) is 6.54 Å². The first-order valence-electron chi connectivity index (χ1n) is 5.57. The lowest BCUT2D eigenvalue weighted by Crippen LogP contribution is -2.13. The van der Waals surface area contributed by atoms with Gasteiger partial charge in [0.2, 0.25) is 0 Å². The van der Waals surface area contributed by atoms with Crippen LogP contribution in [0.5, 0.6) is 0 Å². The van der Waals surface area contributed by atoms with Gasteiger partial charge in [-0.3, -0.25) is 9.36 Å². The van der Waals surface area contributed by atoms with E-state index in [0.29, 0.717) is 11.6 Å². The molecule has 3 aromatic rings. The maximum atomic E-state index is 12.0. The highest BCUT2D eigenvalue weighted by molar-refractivity contribution is 7.16. The summed E-state index contributed by atoms with van der Waals surface area (Å²) in [6.07, 6.45) is 0. The third-order valence-corrected chi connectivity index (χ3v) is 4.04. The highest BCUT2D eigenvalue weighted by Crippen LogP contribution is 2.18. The summed E-state index contributed by atoms with van der Waals surface area (Å²) in [5, 5.41) is 0.710. The zero-order chi connectivity index (χ0) is 12.5. The molecule has 0 radical (unpaired) electrons. The number of benzene rings is 2. The van der Waals surface area contributed by atoms with E-state index in [-0.39, 0.29) is 4.87 Å². The smallest absolute Gasteiger partial charge is 0.294 e. The quantitative estimate of drug-likeness (QED) is 0.698. The summed E-state index contributed by atoms with van der Waals surface area (Å²) < 4.78 is 2.82. The minimum Gasteiger partial charge on any atom is -0.294 e. The van der Waals surface area contributed by atoms with Crippen LogP contribution in [0, 0.1) is 0 Å². The summed E-state index contributed by atoms with van der Waals surface area (Å²) in [4.78, 5) is 12.0. The number of para-hydroxylation sites is 1. The van der Waals surface area contributed by atoms with Crippen molar-refractivity contribution in [1.82, 2.24) is 4.57 Å².